The van der Waals surface area contributed by atoms with Crippen LogP contribution in [-0.4, -0.2) is 31.6 Å². The lowest BCUT2D eigenvalue weighted by Gasteiger charge is -2.28. The fourth-order valence-corrected chi connectivity index (χ4v) is 2.80. The van der Waals surface area contributed by atoms with E-state index in [0.717, 1.165) is 12.5 Å². The van der Waals surface area contributed by atoms with Crippen LogP contribution in [0.25, 0.3) is 0 Å². The first kappa shape index (κ1) is 14.8. The molecule has 1 saturated heterocycles. The molecule has 0 aromatic heterocycles. The van der Waals surface area contributed by atoms with Gasteiger partial charge in [-0.15, -0.1) is 0 Å². The Morgan fingerprint density at radius 1 is 1.37 bits per heavy atom. The van der Waals surface area contributed by atoms with Crippen LogP contribution in [0.2, 0.25) is 5.02 Å². The van der Waals surface area contributed by atoms with Crippen LogP contribution in [0.4, 0.5) is 4.39 Å². The summed E-state index contributed by atoms with van der Waals surface area (Å²) < 4.78 is 13.5. The van der Waals surface area contributed by atoms with Crippen LogP contribution in [-0.2, 0) is 6.54 Å². The molecule has 1 aliphatic heterocycles. The Morgan fingerprint density at radius 3 is 2.79 bits per heavy atom. The molecule has 1 aliphatic rings. The van der Waals surface area contributed by atoms with Crippen LogP contribution in [0.15, 0.2) is 18.2 Å². The molecule has 0 unspecified atom stereocenters. The van der Waals surface area contributed by atoms with Gasteiger partial charge in [-0.1, -0.05) is 17.7 Å². The van der Waals surface area contributed by atoms with Crippen LogP contribution in [0.1, 0.15) is 24.8 Å². The highest BCUT2D eigenvalue weighted by Crippen LogP contribution is 2.20. The first-order chi connectivity index (χ1) is 9.16. The number of likely N-dealkylation sites (tertiary alicyclic amines) is 1. The number of nitrogens with one attached hydrogen (secondary N) is 1. The topological polar surface area (TPSA) is 15.3 Å². The average molecular weight is 285 g/mol. The summed E-state index contributed by atoms with van der Waals surface area (Å²) in [5.74, 6) is 0.582. The maximum absolute atomic E-state index is 13.5. The van der Waals surface area contributed by atoms with Gasteiger partial charge in [-0.3, -0.25) is 0 Å². The number of hydrogen-bond acceptors (Lipinski definition) is 2. The third-order valence-electron chi connectivity index (χ3n) is 3.93. The zero-order valence-corrected chi connectivity index (χ0v) is 12.2. The van der Waals surface area contributed by atoms with Crippen molar-refractivity contribution in [1.82, 2.24) is 10.2 Å². The summed E-state index contributed by atoms with van der Waals surface area (Å²) in [4.78, 5) is 2.38. The van der Waals surface area contributed by atoms with Crippen molar-refractivity contribution >= 4 is 11.6 Å². The molecular weight excluding hydrogens is 263 g/mol. The van der Waals surface area contributed by atoms with Gasteiger partial charge in [0.2, 0.25) is 0 Å². The Kier molecular flexibility index (Phi) is 5.61. The summed E-state index contributed by atoms with van der Waals surface area (Å²) in [6.45, 7) is 3.84. The molecule has 1 aromatic rings. The van der Waals surface area contributed by atoms with Gasteiger partial charge in [-0.05, 0) is 64.0 Å². The van der Waals surface area contributed by atoms with Gasteiger partial charge in [0, 0.05) is 17.1 Å². The Bertz CT molecular complexity index is 383. The summed E-state index contributed by atoms with van der Waals surface area (Å²) >= 11 is 5.99. The van der Waals surface area contributed by atoms with E-state index in [1.807, 2.05) is 0 Å². The number of halogens is 2. The van der Waals surface area contributed by atoms with Crippen molar-refractivity contribution in [2.45, 2.75) is 25.8 Å². The summed E-state index contributed by atoms with van der Waals surface area (Å²) in [5.41, 5.74) is 0.576. The van der Waals surface area contributed by atoms with Crippen LogP contribution in [0.5, 0.6) is 0 Å². The van der Waals surface area contributed by atoms with Gasteiger partial charge in [-0.2, -0.15) is 0 Å². The number of hydrogen-bond donors (Lipinski definition) is 1. The standard InChI is InChI=1S/C15H22ClFN2/c1-19-9-6-12(7-10-19)5-8-18-11-13-14(16)3-2-4-15(13)17/h2-4,12,18H,5-11H2,1H3. The molecule has 0 amide bonds. The molecule has 1 N–H and O–H groups in total. The first-order valence-electron chi connectivity index (χ1n) is 6.99. The summed E-state index contributed by atoms with van der Waals surface area (Å²) in [7, 11) is 2.18. The van der Waals surface area contributed by atoms with E-state index in [2.05, 4.69) is 17.3 Å². The van der Waals surface area contributed by atoms with Crippen molar-refractivity contribution in [3.63, 3.8) is 0 Å². The van der Waals surface area contributed by atoms with E-state index in [1.54, 1.807) is 12.1 Å². The van der Waals surface area contributed by atoms with Gasteiger partial charge in [0.15, 0.2) is 0 Å². The second-order valence-electron chi connectivity index (χ2n) is 5.41. The molecule has 0 atom stereocenters. The van der Waals surface area contributed by atoms with Gasteiger partial charge in [0.05, 0.1) is 0 Å². The average Bonchev–Trinajstić information content (AvgIpc) is 2.39. The molecule has 0 saturated carbocycles. The van der Waals surface area contributed by atoms with E-state index in [0.29, 0.717) is 17.1 Å². The van der Waals surface area contributed by atoms with Crippen LogP contribution < -0.4 is 5.32 Å². The fraction of sp³-hybridized carbons (Fsp3) is 0.600. The molecule has 1 fully saturated rings. The van der Waals surface area contributed by atoms with Gasteiger partial charge >= 0.3 is 0 Å². The molecule has 1 heterocycles. The lowest BCUT2D eigenvalue weighted by Crippen LogP contribution is -2.31. The second-order valence-corrected chi connectivity index (χ2v) is 5.82. The lowest BCUT2D eigenvalue weighted by molar-refractivity contribution is 0.211. The minimum atomic E-state index is -0.223. The predicted molar refractivity (Wildman–Crippen MR) is 78.0 cm³/mol. The normalized spacial score (nSPS) is 17.8. The Balaban J connectivity index is 1.69. The molecule has 1 aromatic carbocycles. The largest absolute Gasteiger partial charge is 0.313 e. The van der Waals surface area contributed by atoms with Gasteiger partial charge < -0.3 is 10.2 Å². The van der Waals surface area contributed by atoms with E-state index < -0.39 is 0 Å². The van der Waals surface area contributed by atoms with E-state index in [-0.39, 0.29) is 5.82 Å². The molecule has 0 radical (unpaired) electrons. The van der Waals surface area contributed by atoms with Crippen molar-refractivity contribution in [1.29, 1.82) is 0 Å². The molecule has 2 rings (SSSR count). The molecule has 0 spiro atoms. The zero-order chi connectivity index (χ0) is 13.7. The van der Waals surface area contributed by atoms with E-state index in [9.17, 15) is 4.39 Å². The lowest BCUT2D eigenvalue weighted by atomic mass is 9.94. The van der Waals surface area contributed by atoms with E-state index >= 15 is 0 Å². The van der Waals surface area contributed by atoms with Crippen LogP contribution in [0, 0.1) is 11.7 Å². The number of benzene rings is 1. The SMILES string of the molecule is CN1CCC(CCNCc2c(F)cccc2Cl)CC1. The Morgan fingerprint density at radius 2 is 2.11 bits per heavy atom. The van der Waals surface area contributed by atoms with E-state index in [1.165, 1.54) is 38.4 Å². The van der Waals surface area contributed by atoms with Crippen molar-refractivity contribution in [2.24, 2.45) is 5.92 Å². The molecular formula is C15H22ClFN2. The maximum atomic E-state index is 13.5. The van der Waals surface area contributed by atoms with Crippen molar-refractivity contribution in [3.8, 4) is 0 Å². The fourth-order valence-electron chi connectivity index (χ4n) is 2.57. The smallest absolute Gasteiger partial charge is 0.129 e. The number of rotatable bonds is 5. The van der Waals surface area contributed by atoms with Crippen molar-refractivity contribution in [2.75, 3.05) is 26.7 Å². The number of nitrogens with zero attached hydrogens (tertiary/aromatic N) is 1. The van der Waals surface area contributed by atoms with Gasteiger partial charge in [0.1, 0.15) is 5.82 Å². The number of piperidine rings is 1. The second kappa shape index (κ2) is 7.22. The van der Waals surface area contributed by atoms with Crippen LogP contribution >= 0.6 is 11.6 Å². The Labute approximate surface area is 119 Å². The highest BCUT2D eigenvalue weighted by atomic mass is 35.5. The Hall–Kier alpha value is -0.640. The summed E-state index contributed by atoms with van der Waals surface area (Å²) in [5, 5.41) is 3.81. The monoisotopic (exact) mass is 284 g/mol. The van der Waals surface area contributed by atoms with E-state index in [4.69, 9.17) is 11.6 Å². The summed E-state index contributed by atoms with van der Waals surface area (Å²) in [6.07, 6.45) is 3.72. The zero-order valence-electron chi connectivity index (χ0n) is 11.5. The highest BCUT2D eigenvalue weighted by molar-refractivity contribution is 6.31. The highest BCUT2D eigenvalue weighted by Gasteiger charge is 2.16. The maximum Gasteiger partial charge on any atom is 0.129 e. The van der Waals surface area contributed by atoms with Crippen molar-refractivity contribution in [3.05, 3.63) is 34.6 Å². The molecule has 0 aliphatic carbocycles. The van der Waals surface area contributed by atoms with Crippen molar-refractivity contribution < 1.29 is 4.39 Å². The molecule has 4 heteroatoms. The quantitative estimate of drug-likeness (QED) is 0.835. The summed E-state index contributed by atoms with van der Waals surface area (Å²) in [6, 6.07) is 4.83. The van der Waals surface area contributed by atoms with Crippen LogP contribution in [0.3, 0.4) is 0 Å². The minimum absolute atomic E-state index is 0.223. The molecule has 2 nitrogen and oxygen atoms in total. The molecule has 0 bridgehead atoms. The third-order valence-corrected chi connectivity index (χ3v) is 4.29. The van der Waals surface area contributed by atoms with Gasteiger partial charge in [0.25, 0.3) is 0 Å². The minimum Gasteiger partial charge on any atom is -0.313 e. The molecule has 19 heavy (non-hydrogen) atoms. The predicted octanol–water partition coefficient (Wildman–Crippen LogP) is 3.30. The van der Waals surface area contributed by atoms with Gasteiger partial charge in [-0.25, -0.2) is 4.39 Å². The molecule has 106 valence electrons. The third kappa shape index (κ3) is 4.44. The first-order valence-corrected chi connectivity index (χ1v) is 7.37.